The van der Waals surface area contributed by atoms with E-state index in [4.69, 9.17) is 0 Å². The smallest absolute Gasteiger partial charge is 0.307 e. The van der Waals surface area contributed by atoms with Gasteiger partial charge in [0.15, 0.2) is 5.17 Å². The Kier molecular flexibility index (Phi) is 5.41. The van der Waals surface area contributed by atoms with Crippen LogP contribution in [0.4, 0.5) is 33.7 Å². The average molecular weight is 397 g/mol. The van der Waals surface area contributed by atoms with E-state index in [1.54, 1.807) is 0 Å². The van der Waals surface area contributed by atoms with Gasteiger partial charge in [0.25, 0.3) is 0 Å². The molecular weight excluding hydrogens is 382 g/mol. The van der Waals surface area contributed by atoms with Crippen molar-refractivity contribution >= 4 is 34.3 Å². The van der Waals surface area contributed by atoms with E-state index in [1.807, 2.05) is 6.92 Å². The number of amides is 2. The lowest BCUT2D eigenvalue weighted by atomic mass is 10.2. The fraction of sp³-hybridized carbons (Fsp3) is 0.222. The second-order valence-corrected chi connectivity index (χ2v) is 7.28. The Morgan fingerprint density at radius 2 is 1.93 bits per heavy atom. The van der Waals surface area contributed by atoms with Crippen molar-refractivity contribution in [2.45, 2.75) is 18.3 Å². The van der Waals surface area contributed by atoms with Gasteiger partial charge in [0.1, 0.15) is 5.82 Å². The first-order chi connectivity index (χ1) is 12.7. The van der Waals surface area contributed by atoms with Gasteiger partial charge < -0.3 is 5.32 Å². The molecule has 1 atom stereocenters. The molecule has 0 bridgehead atoms. The Labute approximate surface area is 157 Å². The van der Waals surface area contributed by atoms with Crippen molar-refractivity contribution in [3.8, 4) is 0 Å². The summed E-state index contributed by atoms with van der Waals surface area (Å²) < 4.78 is 51.9. The standard InChI is InChI=1S/C18H15F4N3OS/c1-11-10-23-17(27-11)25(15-7-5-13(19)6-8-15)16(26)24-14-4-2-3-12(9-14)18(20,21)22/h2-9,11H,10H2,1H3,(H,24,26)/t11-/m0/s1. The molecule has 0 aromatic heterocycles. The topological polar surface area (TPSA) is 44.7 Å². The third-order valence-electron chi connectivity index (χ3n) is 3.71. The highest BCUT2D eigenvalue weighted by Crippen LogP contribution is 2.31. The number of carbonyl (C=O) groups is 1. The minimum atomic E-state index is -4.52. The van der Waals surface area contributed by atoms with E-state index in [2.05, 4.69) is 10.3 Å². The maximum Gasteiger partial charge on any atom is 0.416 e. The molecule has 0 spiro atoms. The van der Waals surface area contributed by atoms with E-state index in [-0.39, 0.29) is 10.9 Å². The van der Waals surface area contributed by atoms with E-state index in [1.165, 1.54) is 53.1 Å². The first-order valence-electron chi connectivity index (χ1n) is 7.99. The highest BCUT2D eigenvalue weighted by atomic mass is 32.2. The summed E-state index contributed by atoms with van der Waals surface area (Å²) in [6, 6.07) is 8.89. The van der Waals surface area contributed by atoms with Crippen LogP contribution in [0.15, 0.2) is 53.5 Å². The Balaban J connectivity index is 1.89. The molecule has 0 radical (unpaired) electrons. The van der Waals surface area contributed by atoms with Gasteiger partial charge in [-0.05, 0) is 42.5 Å². The number of urea groups is 1. The summed E-state index contributed by atoms with van der Waals surface area (Å²) in [5.74, 6) is -0.466. The SMILES string of the molecule is C[C@H]1CN=C(N(C(=O)Nc2cccc(C(F)(F)F)c2)c2ccc(F)cc2)S1. The number of carbonyl (C=O) groups excluding carboxylic acids is 1. The maximum atomic E-state index is 13.2. The van der Waals surface area contributed by atoms with Gasteiger partial charge in [0.2, 0.25) is 0 Å². The van der Waals surface area contributed by atoms with Crippen LogP contribution in [0.5, 0.6) is 0 Å². The van der Waals surface area contributed by atoms with Gasteiger partial charge in [-0.25, -0.2) is 14.1 Å². The lowest BCUT2D eigenvalue weighted by molar-refractivity contribution is -0.137. The van der Waals surface area contributed by atoms with Gasteiger partial charge in [-0.1, -0.05) is 24.8 Å². The number of thioether (sulfide) groups is 1. The number of amidine groups is 1. The van der Waals surface area contributed by atoms with Crippen molar-refractivity contribution in [1.82, 2.24) is 0 Å². The van der Waals surface area contributed by atoms with E-state index < -0.39 is 23.6 Å². The van der Waals surface area contributed by atoms with Gasteiger partial charge in [0.05, 0.1) is 17.8 Å². The van der Waals surface area contributed by atoms with Crippen LogP contribution in [0.3, 0.4) is 0 Å². The maximum absolute atomic E-state index is 13.2. The van der Waals surface area contributed by atoms with Crippen LogP contribution in [-0.2, 0) is 6.18 Å². The molecule has 0 fully saturated rings. The van der Waals surface area contributed by atoms with Gasteiger partial charge in [-0.15, -0.1) is 0 Å². The Bertz CT molecular complexity index is 868. The molecule has 9 heteroatoms. The first kappa shape index (κ1) is 19.2. The summed E-state index contributed by atoms with van der Waals surface area (Å²) in [6.07, 6.45) is -4.52. The molecule has 27 heavy (non-hydrogen) atoms. The van der Waals surface area contributed by atoms with Crippen molar-refractivity contribution < 1.29 is 22.4 Å². The first-order valence-corrected chi connectivity index (χ1v) is 8.87. The summed E-state index contributed by atoms with van der Waals surface area (Å²) in [6.45, 7) is 2.45. The normalized spacial score (nSPS) is 16.8. The number of aliphatic imine (C=N–C) groups is 1. The number of hydrogen-bond donors (Lipinski definition) is 1. The summed E-state index contributed by atoms with van der Waals surface area (Å²) >= 11 is 1.36. The van der Waals surface area contributed by atoms with Gasteiger partial charge >= 0.3 is 12.2 Å². The molecule has 1 aliphatic rings. The van der Waals surface area contributed by atoms with Crippen molar-refractivity contribution in [3.63, 3.8) is 0 Å². The number of nitrogens with zero attached hydrogens (tertiary/aromatic N) is 2. The highest BCUT2D eigenvalue weighted by molar-refractivity contribution is 8.15. The van der Waals surface area contributed by atoms with Gasteiger partial charge in [-0.2, -0.15) is 13.2 Å². The number of benzene rings is 2. The molecule has 2 amide bonds. The van der Waals surface area contributed by atoms with Crippen LogP contribution in [-0.4, -0.2) is 23.0 Å². The zero-order chi connectivity index (χ0) is 19.6. The van der Waals surface area contributed by atoms with Crippen LogP contribution in [0.25, 0.3) is 0 Å². The van der Waals surface area contributed by atoms with Crippen molar-refractivity contribution in [2.24, 2.45) is 4.99 Å². The molecule has 0 aliphatic carbocycles. The monoisotopic (exact) mass is 397 g/mol. The van der Waals surface area contributed by atoms with Crippen molar-refractivity contribution in [3.05, 3.63) is 59.9 Å². The molecule has 0 saturated heterocycles. The van der Waals surface area contributed by atoms with Gasteiger partial charge in [0, 0.05) is 10.9 Å². The number of hydrogen-bond acceptors (Lipinski definition) is 3. The molecule has 4 nitrogen and oxygen atoms in total. The second kappa shape index (κ2) is 7.59. The average Bonchev–Trinajstić information content (AvgIpc) is 3.02. The quantitative estimate of drug-likeness (QED) is 0.692. The van der Waals surface area contributed by atoms with Crippen LogP contribution in [0, 0.1) is 5.82 Å². The zero-order valence-electron chi connectivity index (χ0n) is 14.1. The third-order valence-corrected chi connectivity index (χ3v) is 4.78. The molecule has 2 aromatic carbocycles. The zero-order valence-corrected chi connectivity index (χ0v) is 14.9. The van der Waals surface area contributed by atoms with E-state index in [0.29, 0.717) is 17.4 Å². The minimum absolute atomic E-state index is 0.00131. The summed E-state index contributed by atoms with van der Waals surface area (Å²) in [7, 11) is 0. The molecule has 0 unspecified atom stereocenters. The molecule has 142 valence electrons. The van der Waals surface area contributed by atoms with E-state index in [9.17, 15) is 22.4 Å². The fourth-order valence-corrected chi connectivity index (χ4v) is 3.39. The molecule has 0 saturated carbocycles. The van der Waals surface area contributed by atoms with Crippen LogP contribution < -0.4 is 10.2 Å². The molecule has 2 aromatic rings. The van der Waals surface area contributed by atoms with Gasteiger partial charge in [-0.3, -0.25) is 4.99 Å². The van der Waals surface area contributed by atoms with Crippen LogP contribution >= 0.6 is 11.8 Å². The number of anilines is 2. The highest BCUT2D eigenvalue weighted by Gasteiger charge is 2.31. The summed E-state index contributed by atoms with van der Waals surface area (Å²) in [4.78, 5) is 18.3. The number of alkyl halides is 3. The Hall–Kier alpha value is -2.55. The van der Waals surface area contributed by atoms with Crippen LogP contribution in [0.2, 0.25) is 0 Å². The molecule has 1 N–H and O–H groups in total. The lowest BCUT2D eigenvalue weighted by Gasteiger charge is -2.23. The van der Waals surface area contributed by atoms with Crippen molar-refractivity contribution in [2.75, 3.05) is 16.8 Å². The number of rotatable bonds is 2. The van der Waals surface area contributed by atoms with Crippen molar-refractivity contribution in [1.29, 1.82) is 0 Å². The Morgan fingerprint density at radius 1 is 1.22 bits per heavy atom. The predicted octanol–water partition coefficient (Wildman–Crippen LogP) is 5.37. The van der Waals surface area contributed by atoms with Crippen LogP contribution in [0.1, 0.15) is 12.5 Å². The predicted molar refractivity (Wildman–Crippen MR) is 98.7 cm³/mol. The molecular formula is C18H15F4N3OS. The second-order valence-electron chi connectivity index (χ2n) is 5.87. The number of halogens is 4. The fourth-order valence-electron chi connectivity index (χ4n) is 2.44. The van der Waals surface area contributed by atoms with E-state index in [0.717, 1.165) is 12.1 Å². The Morgan fingerprint density at radius 3 is 2.52 bits per heavy atom. The molecule has 1 aliphatic heterocycles. The molecule has 1 heterocycles. The largest absolute Gasteiger partial charge is 0.416 e. The summed E-state index contributed by atoms with van der Waals surface area (Å²) in [5, 5.41) is 3.02. The van der Waals surface area contributed by atoms with E-state index >= 15 is 0 Å². The lowest BCUT2D eigenvalue weighted by Crippen LogP contribution is -2.38. The minimum Gasteiger partial charge on any atom is -0.307 e. The third kappa shape index (κ3) is 4.60. The summed E-state index contributed by atoms with van der Waals surface area (Å²) in [5.41, 5.74) is -0.505. The number of nitrogens with one attached hydrogen (secondary N) is 1. The molecule has 3 rings (SSSR count).